The van der Waals surface area contributed by atoms with E-state index in [4.69, 9.17) is 9.47 Å². The number of hydrogen-bond donors (Lipinski definition) is 0. The molecule has 0 saturated carbocycles. The van der Waals surface area contributed by atoms with Crippen molar-refractivity contribution in [1.82, 2.24) is 4.98 Å². The van der Waals surface area contributed by atoms with Crippen LogP contribution in [0.1, 0.15) is 31.8 Å². The highest BCUT2D eigenvalue weighted by Crippen LogP contribution is 2.37. The number of carbonyl (C=O) groups excluding carboxylic acids is 2. The number of Topliss-reactive ketones (excluding diaryl/α,β-unsaturated/α-hetero) is 1. The van der Waals surface area contributed by atoms with E-state index in [1.54, 1.807) is 43.6 Å². The van der Waals surface area contributed by atoms with Gasteiger partial charge in [0, 0.05) is 18.5 Å². The molecule has 3 aromatic rings. The number of ketones is 1. The van der Waals surface area contributed by atoms with Crippen LogP contribution in [0.15, 0.2) is 66.7 Å². The number of fused-ring (bicyclic) bond motifs is 1. The van der Waals surface area contributed by atoms with Crippen LogP contribution >= 0.6 is 0 Å². The van der Waals surface area contributed by atoms with Gasteiger partial charge in [0.05, 0.1) is 11.1 Å². The lowest BCUT2D eigenvalue weighted by Gasteiger charge is -2.08. The van der Waals surface area contributed by atoms with Crippen molar-refractivity contribution in [3.05, 3.63) is 94.8 Å². The third-order valence-corrected chi connectivity index (χ3v) is 4.22. The van der Waals surface area contributed by atoms with E-state index in [-0.39, 0.29) is 22.9 Å². The first-order valence-electron chi connectivity index (χ1n) is 8.48. The standard InChI is InChI=1S/C22H14FNO4/c1-13-9-17(27-22(26)15-3-2-4-16(23)11-15)12-18-20(13)21(25)19(28-18)10-14-5-7-24-8-6-14/h2-12H,1H3/b19-10-. The Morgan fingerprint density at radius 2 is 1.93 bits per heavy atom. The normalized spacial score (nSPS) is 13.9. The number of pyridine rings is 1. The van der Waals surface area contributed by atoms with Gasteiger partial charge in [-0.3, -0.25) is 9.78 Å². The van der Waals surface area contributed by atoms with Crippen molar-refractivity contribution in [3.63, 3.8) is 0 Å². The Morgan fingerprint density at radius 3 is 2.68 bits per heavy atom. The van der Waals surface area contributed by atoms with Crippen molar-refractivity contribution in [2.24, 2.45) is 0 Å². The maximum atomic E-state index is 13.3. The summed E-state index contributed by atoms with van der Waals surface area (Å²) < 4.78 is 24.3. The zero-order valence-corrected chi connectivity index (χ0v) is 14.8. The van der Waals surface area contributed by atoms with Crippen LogP contribution in [-0.4, -0.2) is 16.7 Å². The molecule has 6 heteroatoms. The van der Waals surface area contributed by atoms with Crippen molar-refractivity contribution >= 4 is 17.8 Å². The van der Waals surface area contributed by atoms with Crippen LogP contribution in [0.3, 0.4) is 0 Å². The number of esters is 1. The molecule has 138 valence electrons. The van der Waals surface area contributed by atoms with Gasteiger partial charge in [0.2, 0.25) is 5.78 Å². The van der Waals surface area contributed by atoms with Crippen molar-refractivity contribution in [3.8, 4) is 11.5 Å². The second-order valence-corrected chi connectivity index (χ2v) is 6.23. The molecule has 2 heterocycles. The van der Waals surface area contributed by atoms with Crippen molar-refractivity contribution < 1.29 is 23.5 Å². The summed E-state index contributed by atoms with van der Waals surface area (Å²) in [4.78, 5) is 28.8. The highest BCUT2D eigenvalue weighted by Gasteiger charge is 2.30. The van der Waals surface area contributed by atoms with Crippen LogP contribution in [-0.2, 0) is 0 Å². The predicted octanol–water partition coefficient (Wildman–Crippen LogP) is 4.36. The van der Waals surface area contributed by atoms with Crippen molar-refractivity contribution in [2.45, 2.75) is 6.92 Å². The zero-order valence-electron chi connectivity index (χ0n) is 14.8. The third-order valence-electron chi connectivity index (χ3n) is 4.22. The maximum absolute atomic E-state index is 13.3. The second kappa shape index (κ2) is 7.08. The molecule has 0 spiro atoms. The van der Waals surface area contributed by atoms with Crippen LogP contribution in [0.4, 0.5) is 4.39 Å². The Hall–Kier alpha value is -3.80. The fraction of sp³-hybridized carbons (Fsp3) is 0.0455. The number of hydrogen-bond acceptors (Lipinski definition) is 5. The van der Waals surface area contributed by atoms with Crippen molar-refractivity contribution in [2.75, 3.05) is 0 Å². The van der Waals surface area contributed by atoms with Gasteiger partial charge in [-0.2, -0.15) is 0 Å². The molecule has 0 fully saturated rings. The first-order valence-corrected chi connectivity index (χ1v) is 8.48. The molecule has 0 aliphatic carbocycles. The summed E-state index contributed by atoms with van der Waals surface area (Å²) >= 11 is 0. The molecule has 0 N–H and O–H groups in total. The fourth-order valence-electron chi connectivity index (χ4n) is 2.93. The van der Waals surface area contributed by atoms with Crippen LogP contribution in [0.2, 0.25) is 0 Å². The second-order valence-electron chi connectivity index (χ2n) is 6.23. The van der Waals surface area contributed by atoms with E-state index in [1.165, 1.54) is 24.3 Å². The molecule has 0 unspecified atom stereocenters. The molecule has 4 rings (SSSR count). The number of aromatic nitrogens is 1. The van der Waals surface area contributed by atoms with E-state index >= 15 is 0 Å². The number of ether oxygens (including phenoxy) is 2. The predicted molar refractivity (Wildman–Crippen MR) is 99.7 cm³/mol. The smallest absolute Gasteiger partial charge is 0.343 e. The van der Waals surface area contributed by atoms with Crippen LogP contribution in [0, 0.1) is 12.7 Å². The minimum atomic E-state index is -0.698. The lowest BCUT2D eigenvalue weighted by molar-refractivity contribution is 0.0734. The SMILES string of the molecule is Cc1cc(OC(=O)c2cccc(F)c2)cc2c1C(=O)/C(=C/c1ccncc1)O2. The topological polar surface area (TPSA) is 65.5 Å². The van der Waals surface area contributed by atoms with E-state index in [2.05, 4.69) is 4.98 Å². The molecular formula is C22H14FNO4. The minimum absolute atomic E-state index is 0.0911. The molecule has 0 radical (unpaired) electrons. The molecule has 1 aliphatic heterocycles. The first kappa shape index (κ1) is 17.6. The summed E-state index contributed by atoms with van der Waals surface area (Å²) in [6.07, 6.45) is 4.87. The summed E-state index contributed by atoms with van der Waals surface area (Å²) in [5, 5.41) is 0. The van der Waals surface area contributed by atoms with Crippen LogP contribution in [0.25, 0.3) is 6.08 Å². The van der Waals surface area contributed by atoms with Gasteiger partial charge in [-0.25, -0.2) is 9.18 Å². The zero-order chi connectivity index (χ0) is 19.7. The Bertz CT molecular complexity index is 1120. The summed E-state index contributed by atoms with van der Waals surface area (Å²) in [6.45, 7) is 1.73. The quantitative estimate of drug-likeness (QED) is 0.386. The average molecular weight is 375 g/mol. The Balaban J connectivity index is 1.61. The van der Waals surface area contributed by atoms with E-state index in [1.807, 2.05) is 0 Å². The Morgan fingerprint density at radius 1 is 1.14 bits per heavy atom. The molecule has 0 bridgehead atoms. The molecule has 0 atom stereocenters. The molecule has 0 amide bonds. The van der Waals surface area contributed by atoms with E-state index < -0.39 is 11.8 Å². The first-order chi connectivity index (χ1) is 13.5. The maximum Gasteiger partial charge on any atom is 0.343 e. The summed E-state index contributed by atoms with van der Waals surface area (Å²) in [5.74, 6) is -0.767. The van der Waals surface area contributed by atoms with Gasteiger partial charge >= 0.3 is 5.97 Å². The van der Waals surface area contributed by atoms with Crippen LogP contribution < -0.4 is 9.47 Å². The number of aryl methyl sites for hydroxylation is 1. The van der Waals surface area contributed by atoms with Gasteiger partial charge in [-0.15, -0.1) is 0 Å². The summed E-state index contributed by atoms with van der Waals surface area (Å²) in [7, 11) is 0. The largest absolute Gasteiger partial charge is 0.452 e. The van der Waals surface area contributed by atoms with E-state index in [0.717, 1.165) is 11.6 Å². The number of halogens is 1. The van der Waals surface area contributed by atoms with E-state index in [0.29, 0.717) is 16.9 Å². The Kier molecular flexibility index (Phi) is 4.45. The lowest BCUT2D eigenvalue weighted by Crippen LogP contribution is -2.09. The highest BCUT2D eigenvalue weighted by atomic mass is 19.1. The molecule has 5 nitrogen and oxygen atoms in total. The molecular weight excluding hydrogens is 361 g/mol. The molecule has 2 aromatic carbocycles. The number of allylic oxidation sites excluding steroid dienone is 1. The van der Waals surface area contributed by atoms with E-state index in [9.17, 15) is 14.0 Å². The number of rotatable bonds is 3. The molecule has 1 aliphatic rings. The number of carbonyl (C=O) groups is 2. The van der Waals surface area contributed by atoms with Gasteiger partial charge in [0.1, 0.15) is 17.3 Å². The van der Waals surface area contributed by atoms with Gasteiger partial charge < -0.3 is 9.47 Å². The van der Waals surface area contributed by atoms with Gasteiger partial charge in [-0.1, -0.05) is 6.07 Å². The average Bonchev–Trinajstić information content (AvgIpc) is 2.98. The van der Waals surface area contributed by atoms with Gasteiger partial charge in [0.15, 0.2) is 5.76 Å². The molecule has 1 aromatic heterocycles. The van der Waals surface area contributed by atoms with Gasteiger partial charge in [-0.05, 0) is 60.5 Å². The lowest BCUT2D eigenvalue weighted by atomic mass is 10.0. The van der Waals surface area contributed by atoms with Gasteiger partial charge in [0.25, 0.3) is 0 Å². The van der Waals surface area contributed by atoms with Crippen molar-refractivity contribution in [1.29, 1.82) is 0 Å². The summed E-state index contributed by atoms with van der Waals surface area (Å²) in [6, 6.07) is 11.8. The monoisotopic (exact) mass is 375 g/mol. The Labute approximate surface area is 160 Å². The molecule has 0 saturated heterocycles. The summed E-state index contributed by atoms with van der Waals surface area (Å²) in [5.41, 5.74) is 1.91. The number of nitrogens with zero attached hydrogens (tertiary/aromatic N) is 1. The fourth-order valence-corrected chi connectivity index (χ4v) is 2.93. The third kappa shape index (κ3) is 3.40. The molecule has 28 heavy (non-hydrogen) atoms. The minimum Gasteiger partial charge on any atom is -0.452 e. The number of benzene rings is 2. The van der Waals surface area contributed by atoms with Crippen LogP contribution in [0.5, 0.6) is 11.5 Å². The highest BCUT2D eigenvalue weighted by molar-refractivity contribution is 6.15.